The Morgan fingerprint density at radius 3 is 2.56 bits per heavy atom. The topological polar surface area (TPSA) is 68.0 Å². The molecule has 0 spiro atoms. The lowest BCUT2D eigenvalue weighted by Crippen LogP contribution is -2.11. The average Bonchev–Trinajstić information content (AvgIpc) is 2.76. The number of benzene rings is 1. The van der Waals surface area contributed by atoms with Gasteiger partial charge >= 0.3 is 0 Å². The van der Waals surface area contributed by atoms with Crippen LogP contribution in [0.5, 0.6) is 0 Å². The normalized spacial score (nSPS) is 12.1. The average molecular weight is 261 g/mol. The largest absolute Gasteiger partial charge is 0.377 e. The first-order valence-corrected chi connectivity index (χ1v) is 6.52. The number of nitrogens with one attached hydrogen (secondary N) is 1. The number of carbonyl (C=O) groups excluding carboxylic acids is 1. The predicted molar refractivity (Wildman–Crippen MR) is 73.8 cm³/mol. The van der Waals surface area contributed by atoms with Crippen LogP contribution in [0, 0.1) is 6.92 Å². The lowest BCUT2D eigenvalue weighted by molar-refractivity contribution is 0.100. The van der Waals surface area contributed by atoms with Crippen molar-refractivity contribution in [2.24, 2.45) is 5.73 Å². The summed E-state index contributed by atoms with van der Waals surface area (Å²) in [7, 11) is 0. The first-order chi connectivity index (χ1) is 8.56. The third-order valence-corrected chi connectivity index (χ3v) is 3.42. The van der Waals surface area contributed by atoms with E-state index >= 15 is 0 Å². The van der Waals surface area contributed by atoms with Gasteiger partial charge in [-0.05, 0) is 38.1 Å². The second kappa shape index (κ2) is 5.18. The Labute approximate surface area is 110 Å². The van der Waals surface area contributed by atoms with Gasteiger partial charge < -0.3 is 11.1 Å². The highest BCUT2D eigenvalue weighted by molar-refractivity contribution is 7.09. The fourth-order valence-corrected chi connectivity index (χ4v) is 2.34. The van der Waals surface area contributed by atoms with Gasteiger partial charge in [-0.1, -0.05) is 0 Å². The summed E-state index contributed by atoms with van der Waals surface area (Å²) < 4.78 is 0. The third kappa shape index (κ3) is 2.87. The van der Waals surface area contributed by atoms with Crippen LogP contribution >= 0.6 is 11.3 Å². The van der Waals surface area contributed by atoms with Gasteiger partial charge in [0.2, 0.25) is 5.91 Å². The molecule has 5 heteroatoms. The molecule has 0 aliphatic heterocycles. The maximum Gasteiger partial charge on any atom is 0.248 e. The molecule has 0 bridgehead atoms. The summed E-state index contributed by atoms with van der Waals surface area (Å²) in [5.41, 5.74) is 7.67. The highest BCUT2D eigenvalue weighted by Crippen LogP contribution is 2.21. The molecule has 1 unspecified atom stereocenters. The van der Waals surface area contributed by atoms with Crippen molar-refractivity contribution in [3.05, 3.63) is 45.9 Å². The van der Waals surface area contributed by atoms with Crippen LogP contribution in [0.2, 0.25) is 0 Å². The van der Waals surface area contributed by atoms with Crippen LogP contribution in [0.15, 0.2) is 29.6 Å². The smallest absolute Gasteiger partial charge is 0.248 e. The number of thiazole rings is 1. The third-order valence-electron chi connectivity index (χ3n) is 2.63. The van der Waals surface area contributed by atoms with Crippen LogP contribution < -0.4 is 11.1 Å². The van der Waals surface area contributed by atoms with E-state index in [0.717, 1.165) is 16.4 Å². The Kier molecular flexibility index (Phi) is 3.62. The summed E-state index contributed by atoms with van der Waals surface area (Å²) in [6.45, 7) is 4.04. The molecule has 1 aromatic carbocycles. The van der Waals surface area contributed by atoms with Gasteiger partial charge in [0.15, 0.2) is 0 Å². The molecule has 0 radical (unpaired) electrons. The predicted octanol–water partition coefficient (Wildman–Crippen LogP) is 2.72. The first-order valence-electron chi connectivity index (χ1n) is 5.64. The Morgan fingerprint density at radius 1 is 1.39 bits per heavy atom. The molecule has 0 saturated carbocycles. The van der Waals surface area contributed by atoms with Gasteiger partial charge in [-0.15, -0.1) is 11.3 Å². The summed E-state index contributed by atoms with van der Waals surface area (Å²) in [6.07, 6.45) is 0. The van der Waals surface area contributed by atoms with Gasteiger partial charge in [-0.2, -0.15) is 0 Å². The number of nitrogens with zero attached hydrogens (tertiary/aromatic N) is 1. The molecule has 3 N–H and O–H groups in total. The Bertz CT molecular complexity index is 548. The van der Waals surface area contributed by atoms with Crippen molar-refractivity contribution in [2.45, 2.75) is 19.9 Å². The zero-order chi connectivity index (χ0) is 13.1. The number of rotatable bonds is 4. The number of nitrogens with two attached hydrogens (primary N) is 1. The van der Waals surface area contributed by atoms with Gasteiger partial charge in [-0.25, -0.2) is 4.98 Å². The van der Waals surface area contributed by atoms with E-state index in [2.05, 4.69) is 17.2 Å². The van der Waals surface area contributed by atoms with E-state index < -0.39 is 5.91 Å². The molecule has 0 saturated heterocycles. The summed E-state index contributed by atoms with van der Waals surface area (Å²) in [5, 5.41) is 6.43. The number of anilines is 1. The van der Waals surface area contributed by atoms with Crippen molar-refractivity contribution >= 4 is 22.9 Å². The van der Waals surface area contributed by atoms with Crippen molar-refractivity contribution < 1.29 is 4.79 Å². The second-order valence-electron chi connectivity index (χ2n) is 4.10. The Balaban J connectivity index is 2.07. The van der Waals surface area contributed by atoms with E-state index in [1.807, 2.05) is 24.4 Å². The number of primary amides is 1. The van der Waals surface area contributed by atoms with Crippen LogP contribution in [-0.4, -0.2) is 10.9 Å². The molecule has 0 aliphatic carbocycles. The highest BCUT2D eigenvalue weighted by atomic mass is 32.1. The number of aryl methyl sites for hydroxylation is 1. The van der Waals surface area contributed by atoms with Crippen LogP contribution in [0.25, 0.3) is 0 Å². The van der Waals surface area contributed by atoms with E-state index in [-0.39, 0.29) is 6.04 Å². The van der Waals surface area contributed by atoms with E-state index in [9.17, 15) is 4.79 Å². The van der Waals surface area contributed by atoms with Gasteiger partial charge in [0.05, 0.1) is 16.7 Å². The number of amides is 1. The van der Waals surface area contributed by atoms with Gasteiger partial charge in [0, 0.05) is 16.6 Å². The molecule has 1 heterocycles. The Hall–Kier alpha value is -1.88. The van der Waals surface area contributed by atoms with Crippen LogP contribution in [-0.2, 0) is 0 Å². The molecule has 4 nitrogen and oxygen atoms in total. The summed E-state index contributed by atoms with van der Waals surface area (Å²) in [4.78, 5) is 15.4. The van der Waals surface area contributed by atoms with Crippen molar-refractivity contribution in [2.75, 3.05) is 5.32 Å². The molecular weight excluding hydrogens is 246 g/mol. The minimum absolute atomic E-state index is 0.134. The summed E-state index contributed by atoms with van der Waals surface area (Å²) in [6, 6.07) is 7.24. The molecule has 2 rings (SSSR count). The fourth-order valence-electron chi connectivity index (χ4n) is 1.63. The molecule has 94 valence electrons. The van der Waals surface area contributed by atoms with Crippen molar-refractivity contribution in [1.82, 2.24) is 4.98 Å². The number of hydrogen-bond acceptors (Lipinski definition) is 4. The number of carbonyl (C=O) groups is 1. The van der Waals surface area contributed by atoms with Crippen LogP contribution in [0.4, 0.5) is 5.69 Å². The van der Waals surface area contributed by atoms with Gasteiger partial charge in [-0.3, -0.25) is 4.79 Å². The van der Waals surface area contributed by atoms with E-state index in [4.69, 9.17) is 5.73 Å². The molecular formula is C13H15N3OS. The fraction of sp³-hybridized carbons (Fsp3) is 0.231. The highest BCUT2D eigenvalue weighted by Gasteiger charge is 2.08. The zero-order valence-electron chi connectivity index (χ0n) is 10.3. The monoisotopic (exact) mass is 261 g/mol. The van der Waals surface area contributed by atoms with Gasteiger partial charge in [0.1, 0.15) is 0 Å². The lowest BCUT2D eigenvalue weighted by Gasteiger charge is -2.13. The summed E-state index contributed by atoms with van der Waals surface area (Å²) in [5.74, 6) is -0.412. The first kappa shape index (κ1) is 12.6. The molecule has 1 aromatic heterocycles. The summed E-state index contributed by atoms with van der Waals surface area (Å²) >= 11 is 1.64. The lowest BCUT2D eigenvalue weighted by atomic mass is 10.2. The zero-order valence-corrected chi connectivity index (χ0v) is 11.1. The van der Waals surface area contributed by atoms with Crippen molar-refractivity contribution in [3.8, 4) is 0 Å². The molecule has 0 fully saturated rings. The minimum atomic E-state index is -0.412. The van der Waals surface area contributed by atoms with Crippen molar-refractivity contribution in [3.63, 3.8) is 0 Å². The van der Waals surface area contributed by atoms with E-state index in [1.165, 1.54) is 0 Å². The molecule has 2 aromatic rings. The minimum Gasteiger partial charge on any atom is -0.377 e. The number of aromatic nitrogens is 1. The SMILES string of the molecule is Cc1nc(C(C)Nc2ccc(C(N)=O)cc2)cs1. The molecule has 1 amide bonds. The Morgan fingerprint density at radius 2 is 2.06 bits per heavy atom. The second-order valence-corrected chi connectivity index (χ2v) is 5.16. The standard InChI is InChI=1S/C13H15N3OS/c1-8(12-7-18-9(2)16-12)15-11-5-3-10(4-6-11)13(14)17/h3-8,15H,1-2H3,(H2,14,17). The quantitative estimate of drug-likeness (QED) is 0.889. The maximum absolute atomic E-state index is 11.0. The number of hydrogen-bond donors (Lipinski definition) is 2. The van der Waals surface area contributed by atoms with E-state index in [0.29, 0.717) is 5.56 Å². The van der Waals surface area contributed by atoms with Crippen molar-refractivity contribution in [1.29, 1.82) is 0 Å². The maximum atomic E-state index is 11.0. The molecule has 18 heavy (non-hydrogen) atoms. The van der Waals surface area contributed by atoms with Gasteiger partial charge in [0.25, 0.3) is 0 Å². The molecule has 1 atom stereocenters. The van der Waals surface area contributed by atoms with Crippen LogP contribution in [0.1, 0.15) is 34.0 Å². The van der Waals surface area contributed by atoms with E-state index in [1.54, 1.807) is 23.5 Å². The van der Waals surface area contributed by atoms with Crippen LogP contribution in [0.3, 0.4) is 0 Å². The molecule has 0 aliphatic rings.